The van der Waals surface area contributed by atoms with Crippen molar-refractivity contribution < 1.29 is 19.0 Å². The Balaban J connectivity index is 1.57. The lowest BCUT2D eigenvalue weighted by Gasteiger charge is -2.22. The number of hydrogen-bond donors (Lipinski definition) is 1. The number of halogens is 1. The highest BCUT2D eigenvalue weighted by molar-refractivity contribution is 6.32. The monoisotopic (exact) mass is 376 g/mol. The summed E-state index contributed by atoms with van der Waals surface area (Å²) >= 11 is 6.26. The van der Waals surface area contributed by atoms with E-state index in [1.165, 1.54) is 0 Å². The number of carbonyl (C=O) groups is 1. The van der Waals surface area contributed by atoms with Crippen molar-refractivity contribution in [1.82, 2.24) is 4.90 Å². The van der Waals surface area contributed by atoms with Gasteiger partial charge in [-0.25, -0.2) is 0 Å². The van der Waals surface area contributed by atoms with Gasteiger partial charge in [-0.3, -0.25) is 9.69 Å². The first-order valence-electron chi connectivity index (χ1n) is 8.25. The second-order valence-electron chi connectivity index (χ2n) is 6.05. The zero-order valence-corrected chi connectivity index (χ0v) is 15.5. The van der Waals surface area contributed by atoms with E-state index in [9.17, 15) is 4.79 Å². The molecule has 2 aromatic rings. The molecule has 0 saturated heterocycles. The van der Waals surface area contributed by atoms with Crippen molar-refractivity contribution >= 4 is 23.2 Å². The van der Waals surface area contributed by atoms with Crippen molar-refractivity contribution in [3.05, 3.63) is 47.0 Å². The topological polar surface area (TPSA) is 60.0 Å². The summed E-state index contributed by atoms with van der Waals surface area (Å²) in [7, 11) is 3.48. The van der Waals surface area contributed by atoms with E-state index in [-0.39, 0.29) is 12.5 Å². The Morgan fingerprint density at radius 2 is 1.96 bits per heavy atom. The average molecular weight is 377 g/mol. The van der Waals surface area contributed by atoms with Gasteiger partial charge in [-0.05, 0) is 49.0 Å². The van der Waals surface area contributed by atoms with Gasteiger partial charge >= 0.3 is 0 Å². The first-order valence-corrected chi connectivity index (χ1v) is 8.63. The van der Waals surface area contributed by atoms with Gasteiger partial charge in [-0.15, -0.1) is 0 Å². The number of anilines is 1. The van der Waals surface area contributed by atoms with Gasteiger partial charge in [0, 0.05) is 12.2 Å². The van der Waals surface area contributed by atoms with Crippen molar-refractivity contribution in [3.63, 3.8) is 0 Å². The molecule has 0 aromatic heterocycles. The zero-order chi connectivity index (χ0) is 18.5. The van der Waals surface area contributed by atoms with Crippen LogP contribution in [-0.2, 0) is 11.3 Å². The Kier molecular flexibility index (Phi) is 5.85. The number of methoxy groups -OCH3 is 1. The molecule has 0 spiro atoms. The van der Waals surface area contributed by atoms with E-state index in [0.29, 0.717) is 36.3 Å². The largest absolute Gasteiger partial charge is 0.497 e. The molecule has 1 amide bonds. The molecule has 7 heteroatoms. The van der Waals surface area contributed by atoms with E-state index < -0.39 is 0 Å². The lowest BCUT2D eigenvalue weighted by Crippen LogP contribution is -2.29. The molecule has 0 unspecified atom stereocenters. The van der Waals surface area contributed by atoms with Gasteiger partial charge in [0.2, 0.25) is 5.91 Å². The minimum absolute atomic E-state index is 0.0960. The number of fused-ring (bicyclic) bond motifs is 1. The molecule has 138 valence electrons. The molecular formula is C19H21ClN2O4. The van der Waals surface area contributed by atoms with Crippen molar-refractivity contribution in [1.29, 1.82) is 0 Å². The molecule has 3 rings (SSSR count). The van der Waals surface area contributed by atoms with Crippen LogP contribution in [0.15, 0.2) is 36.4 Å². The summed E-state index contributed by atoms with van der Waals surface area (Å²) in [6.45, 7) is 1.81. The Labute approximate surface area is 157 Å². The highest BCUT2D eigenvalue weighted by atomic mass is 35.5. The maximum atomic E-state index is 12.2. The van der Waals surface area contributed by atoms with E-state index in [1.54, 1.807) is 31.4 Å². The van der Waals surface area contributed by atoms with Gasteiger partial charge in [0.25, 0.3) is 0 Å². The Bertz CT molecular complexity index is 780. The van der Waals surface area contributed by atoms with Gasteiger partial charge < -0.3 is 19.5 Å². The summed E-state index contributed by atoms with van der Waals surface area (Å²) in [6, 6.07) is 11.0. The molecule has 0 aliphatic carbocycles. The van der Waals surface area contributed by atoms with E-state index in [0.717, 1.165) is 17.0 Å². The van der Waals surface area contributed by atoms with Crippen LogP contribution >= 0.6 is 11.6 Å². The number of nitrogens with one attached hydrogen (secondary N) is 1. The number of rotatable bonds is 6. The molecule has 2 aromatic carbocycles. The Morgan fingerprint density at radius 3 is 2.69 bits per heavy atom. The summed E-state index contributed by atoms with van der Waals surface area (Å²) in [5.74, 6) is 1.88. The molecule has 0 atom stereocenters. The lowest BCUT2D eigenvalue weighted by molar-refractivity contribution is -0.117. The van der Waals surface area contributed by atoms with Crippen LogP contribution in [0.5, 0.6) is 17.2 Å². The van der Waals surface area contributed by atoms with Crippen molar-refractivity contribution in [2.75, 3.05) is 39.2 Å². The summed E-state index contributed by atoms with van der Waals surface area (Å²) in [4.78, 5) is 14.1. The normalized spacial score (nSPS) is 12.8. The van der Waals surface area contributed by atoms with Crippen molar-refractivity contribution in [2.24, 2.45) is 0 Å². The predicted octanol–water partition coefficient (Wildman–Crippen LogP) is 3.19. The summed E-state index contributed by atoms with van der Waals surface area (Å²) in [6.07, 6.45) is 0. The third-order valence-electron chi connectivity index (χ3n) is 3.90. The SMILES string of the molecule is COc1ccc(NC(=O)CN(C)Cc2cc(Cl)c3c(c2)OCCO3)cc1. The Hall–Kier alpha value is -2.44. The molecule has 1 heterocycles. The second-order valence-corrected chi connectivity index (χ2v) is 6.46. The molecule has 0 bridgehead atoms. The highest BCUT2D eigenvalue weighted by Crippen LogP contribution is 2.38. The van der Waals surface area contributed by atoms with Crippen LogP contribution < -0.4 is 19.5 Å². The van der Waals surface area contributed by atoms with E-state index >= 15 is 0 Å². The van der Waals surface area contributed by atoms with E-state index in [1.807, 2.05) is 24.1 Å². The van der Waals surface area contributed by atoms with Gasteiger partial charge in [0.15, 0.2) is 11.5 Å². The smallest absolute Gasteiger partial charge is 0.238 e. The first-order chi connectivity index (χ1) is 12.5. The number of ether oxygens (including phenoxy) is 3. The number of carbonyl (C=O) groups excluding carboxylic acids is 1. The van der Waals surface area contributed by atoms with Crippen LogP contribution in [0.3, 0.4) is 0 Å². The van der Waals surface area contributed by atoms with Gasteiger partial charge in [-0.2, -0.15) is 0 Å². The fourth-order valence-electron chi connectivity index (χ4n) is 2.74. The molecular weight excluding hydrogens is 356 g/mol. The molecule has 6 nitrogen and oxygen atoms in total. The number of benzene rings is 2. The predicted molar refractivity (Wildman–Crippen MR) is 100 cm³/mol. The van der Waals surface area contributed by atoms with Crippen molar-refractivity contribution in [3.8, 4) is 17.2 Å². The fourth-order valence-corrected chi connectivity index (χ4v) is 3.03. The lowest BCUT2D eigenvalue weighted by atomic mass is 10.2. The highest BCUT2D eigenvalue weighted by Gasteiger charge is 2.17. The number of nitrogens with zero attached hydrogens (tertiary/aromatic N) is 1. The number of likely N-dealkylation sites (N-methyl/N-ethyl adjacent to an activating group) is 1. The summed E-state index contributed by atoms with van der Waals surface area (Å²) in [5.41, 5.74) is 1.69. The van der Waals surface area contributed by atoms with Crippen molar-refractivity contribution in [2.45, 2.75) is 6.54 Å². The number of amides is 1. The maximum Gasteiger partial charge on any atom is 0.238 e. The summed E-state index contributed by atoms with van der Waals surface area (Å²) < 4.78 is 16.2. The fraction of sp³-hybridized carbons (Fsp3) is 0.316. The molecule has 1 N–H and O–H groups in total. The van der Waals surface area contributed by atoms with Crippen LogP contribution in [0.1, 0.15) is 5.56 Å². The van der Waals surface area contributed by atoms with Crippen LogP contribution in [0.4, 0.5) is 5.69 Å². The molecule has 1 aliphatic rings. The quantitative estimate of drug-likeness (QED) is 0.839. The summed E-state index contributed by atoms with van der Waals surface area (Å²) in [5, 5.41) is 3.39. The molecule has 1 aliphatic heterocycles. The van der Waals surface area contributed by atoms with Crippen LogP contribution in [0.25, 0.3) is 0 Å². The minimum Gasteiger partial charge on any atom is -0.497 e. The third-order valence-corrected chi connectivity index (χ3v) is 4.18. The van der Waals surface area contributed by atoms with Gasteiger partial charge in [-0.1, -0.05) is 11.6 Å². The standard InChI is InChI=1S/C19H21ClN2O4/c1-22(12-18(23)21-14-3-5-15(24-2)6-4-14)11-13-9-16(20)19-17(10-13)25-7-8-26-19/h3-6,9-10H,7-8,11-12H2,1-2H3,(H,21,23). The van der Waals surface area contributed by atoms with E-state index in [2.05, 4.69) is 5.32 Å². The van der Waals surface area contributed by atoms with Gasteiger partial charge in [0.1, 0.15) is 19.0 Å². The molecule has 26 heavy (non-hydrogen) atoms. The van der Waals surface area contributed by atoms with Gasteiger partial charge in [0.05, 0.1) is 18.7 Å². The number of hydrogen-bond acceptors (Lipinski definition) is 5. The van der Waals surface area contributed by atoms with Crippen LogP contribution in [0.2, 0.25) is 5.02 Å². The molecule has 0 fully saturated rings. The third kappa shape index (κ3) is 4.59. The maximum absolute atomic E-state index is 12.2. The zero-order valence-electron chi connectivity index (χ0n) is 14.8. The second kappa shape index (κ2) is 8.29. The molecule has 0 saturated carbocycles. The average Bonchev–Trinajstić information content (AvgIpc) is 2.62. The van der Waals surface area contributed by atoms with E-state index in [4.69, 9.17) is 25.8 Å². The van der Waals surface area contributed by atoms with Crippen LogP contribution in [0, 0.1) is 0 Å². The Morgan fingerprint density at radius 1 is 1.23 bits per heavy atom. The van der Waals surface area contributed by atoms with Crippen LogP contribution in [-0.4, -0.2) is 44.7 Å². The minimum atomic E-state index is -0.0960. The molecule has 0 radical (unpaired) electrons. The first kappa shape index (κ1) is 18.4.